The molecule has 1 unspecified atom stereocenters. The van der Waals surface area contributed by atoms with Crippen molar-refractivity contribution in [2.24, 2.45) is 5.92 Å². The fourth-order valence-electron chi connectivity index (χ4n) is 2.36. The molecule has 2 rings (SSSR count). The Bertz CT molecular complexity index is 832. The van der Waals surface area contributed by atoms with Gasteiger partial charge in [0.2, 0.25) is 0 Å². The predicted molar refractivity (Wildman–Crippen MR) is 82.3 cm³/mol. The smallest absolute Gasteiger partial charge is 0.434 e. The highest BCUT2D eigenvalue weighted by atomic mass is 19.4. The first-order chi connectivity index (χ1) is 12.0. The molecular formula is C16H15F4N3O3. The average Bonchev–Trinajstić information content (AvgIpc) is 2.99. The zero-order valence-electron chi connectivity index (χ0n) is 13.8. The molecule has 0 bridgehead atoms. The molecule has 0 saturated carbocycles. The minimum atomic E-state index is -4.98. The second-order valence-corrected chi connectivity index (χ2v) is 5.69. The molecule has 6 nitrogen and oxygen atoms in total. The number of carboxylic acids is 1. The van der Waals surface area contributed by atoms with Gasteiger partial charge in [-0.3, -0.25) is 9.59 Å². The number of rotatable bonds is 5. The summed E-state index contributed by atoms with van der Waals surface area (Å²) in [6.07, 6.45) is -4.29. The van der Waals surface area contributed by atoms with Crippen LogP contribution in [0.25, 0.3) is 5.69 Å². The summed E-state index contributed by atoms with van der Waals surface area (Å²) in [6.45, 7) is 1.02. The van der Waals surface area contributed by atoms with Crippen LogP contribution in [0.15, 0.2) is 30.5 Å². The summed E-state index contributed by atoms with van der Waals surface area (Å²) in [5.74, 6) is -4.16. The molecule has 0 aliphatic heterocycles. The van der Waals surface area contributed by atoms with E-state index in [4.69, 9.17) is 5.11 Å². The number of halogens is 4. The first-order valence-electron chi connectivity index (χ1n) is 7.42. The minimum absolute atomic E-state index is 0.295. The number of para-hydroxylation sites is 1. The van der Waals surface area contributed by atoms with E-state index in [9.17, 15) is 27.2 Å². The van der Waals surface area contributed by atoms with Gasteiger partial charge in [0.1, 0.15) is 11.5 Å². The van der Waals surface area contributed by atoms with Crippen LogP contribution in [0.1, 0.15) is 23.0 Å². The Morgan fingerprint density at radius 2 is 1.92 bits per heavy atom. The van der Waals surface area contributed by atoms with Gasteiger partial charge in [0.05, 0.1) is 17.7 Å². The van der Waals surface area contributed by atoms with Crippen molar-refractivity contribution in [1.29, 1.82) is 0 Å². The summed E-state index contributed by atoms with van der Waals surface area (Å²) in [5, 5.41) is 12.4. The van der Waals surface area contributed by atoms with Crippen LogP contribution < -0.4 is 0 Å². The topological polar surface area (TPSA) is 75.4 Å². The van der Waals surface area contributed by atoms with Gasteiger partial charge in [0.15, 0.2) is 5.69 Å². The van der Waals surface area contributed by atoms with Gasteiger partial charge < -0.3 is 10.0 Å². The van der Waals surface area contributed by atoms with Gasteiger partial charge in [0, 0.05) is 13.6 Å². The summed E-state index contributed by atoms with van der Waals surface area (Å²) in [4.78, 5) is 24.1. The molecular weight excluding hydrogens is 358 g/mol. The van der Waals surface area contributed by atoms with Gasteiger partial charge in [-0.1, -0.05) is 19.1 Å². The highest BCUT2D eigenvalue weighted by Gasteiger charge is 2.41. The van der Waals surface area contributed by atoms with Crippen LogP contribution in [0.2, 0.25) is 0 Å². The van der Waals surface area contributed by atoms with Crippen LogP contribution in [0, 0.1) is 11.7 Å². The van der Waals surface area contributed by atoms with E-state index in [-0.39, 0.29) is 6.54 Å². The Morgan fingerprint density at radius 3 is 2.46 bits per heavy atom. The van der Waals surface area contributed by atoms with Crippen molar-refractivity contribution >= 4 is 11.9 Å². The van der Waals surface area contributed by atoms with E-state index < -0.39 is 46.7 Å². The molecule has 0 radical (unpaired) electrons. The van der Waals surface area contributed by atoms with Crippen molar-refractivity contribution in [3.63, 3.8) is 0 Å². The molecule has 1 atom stereocenters. The zero-order chi connectivity index (χ0) is 19.6. The molecule has 2 aromatic rings. The summed E-state index contributed by atoms with van der Waals surface area (Å²) >= 11 is 0. The van der Waals surface area contributed by atoms with Crippen LogP contribution in [-0.2, 0) is 11.0 Å². The van der Waals surface area contributed by atoms with Gasteiger partial charge >= 0.3 is 12.1 Å². The van der Waals surface area contributed by atoms with Crippen LogP contribution in [-0.4, -0.2) is 45.3 Å². The predicted octanol–water partition coefficient (Wildman–Crippen LogP) is 2.82. The van der Waals surface area contributed by atoms with E-state index in [1.807, 2.05) is 0 Å². The number of benzene rings is 1. The summed E-state index contributed by atoms with van der Waals surface area (Å²) in [7, 11) is 1.18. The van der Waals surface area contributed by atoms with Gasteiger partial charge in [-0.25, -0.2) is 9.07 Å². The number of carboxylic acid groups (broad SMARTS) is 1. The van der Waals surface area contributed by atoms with Gasteiger partial charge in [-0.15, -0.1) is 0 Å². The molecule has 0 saturated heterocycles. The molecule has 26 heavy (non-hydrogen) atoms. The number of nitrogens with zero attached hydrogens (tertiary/aromatic N) is 3. The van der Waals surface area contributed by atoms with Crippen molar-refractivity contribution in [1.82, 2.24) is 14.7 Å². The lowest BCUT2D eigenvalue weighted by atomic mass is 10.1. The molecule has 1 N–H and O–H groups in total. The van der Waals surface area contributed by atoms with Crippen molar-refractivity contribution in [3.05, 3.63) is 47.5 Å². The van der Waals surface area contributed by atoms with E-state index in [0.29, 0.717) is 10.9 Å². The Kier molecular flexibility index (Phi) is 5.33. The average molecular weight is 373 g/mol. The number of carbonyl (C=O) groups excluding carboxylic acids is 1. The van der Waals surface area contributed by atoms with E-state index in [2.05, 4.69) is 5.10 Å². The van der Waals surface area contributed by atoms with Crippen molar-refractivity contribution in [2.75, 3.05) is 13.6 Å². The summed E-state index contributed by atoms with van der Waals surface area (Å²) in [6, 6.07) is 4.71. The molecule has 140 valence electrons. The van der Waals surface area contributed by atoms with Crippen LogP contribution in [0.3, 0.4) is 0 Å². The number of alkyl halides is 3. The molecule has 1 amide bonds. The monoisotopic (exact) mass is 373 g/mol. The SMILES string of the molecule is CC(CN(C)C(=O)c1cnn(-c2ccccc2F)c1C(F)(F)F)C(=O)O. The Morgan fingerprint density at radius 1 is 1.31 bits per heavy atom. The first kappa shape index (κ1) is 19.4. The third-order valence-corrected chi connectivity index (χ3v) is 3.66. The maximum atomic E-state index is 13.9. The zero-order valence-corrected chi connectivity index (χ0v) is 13.8. The number of amides is 1. The first-order valence-corrected chi connectivity index (χ1v) is 7.42. The standard InChI is InChI=1S/C16H15F4N3O3/c1-9(15(25)26)8-22(2)14(24)10-7-21-23(13(10)16(18,19)20)12-6-4-3-5-11(12)17/h3-7,9H,8H2,1-2H3,(H,25,26). The summed E-state index contributed by atoms with van der Waals surface area (Å²) < 4.78 is 54.8. The van der Waals surface area contributed by atoms with Gasteiger partial charge in [-0.05, 0) is 12.1 Å². The lowest BCUT2D eigenvalue weighted by Crippen LogP contribution is -2.34. The maximum absolute atomic E-state index is 13.9. The Balaban J connectivity index is 2.49. The quantitative estimate of drug-likeness (QED) is 0.818. The number of aromatic nitrogens is 2. The maximum Gasteiger partial charge on any atom is 0.434 e. The minimum Gasteiger partial charge on any atom is -0.481 e. The molecule has 1 aromatic heterocycles. The van der Waals surface area contributed by atoms with Crippen molar-refractivity contribution in [2.45, 2.75) is 13.1 Å². The Labute approximate surface area is 145 Å². The largest absolute Gasteiger partial charge is 0.481 e. The highest BCUT2D eigenvalue weighted by molar-refractivity contribution is 5.95. The molecule has 0 spiro atoms. The van der Waals surface area contributed by atoms with Crippen molar-refractivity contribution in [3.8, 4) is 5.69 Å². The summed E-state index contributed by atoms with van der Waals surface area (Å²) in [5.41, 5.74) is -2.68. The molecule has 1 aromatic carbocycles. The molecule has 0 fully saturated rings. The second kappa shape index (κ2) is 7.14. The van der Waals surface area contributed by atoms with E-state index >= 15 is 0 Å². The van der Waals surface area contributed by atoms with Crippen LogP contribution >= 0.6 is 0 Å². The molecule has 0 aliphatic rings. The molecule has 10 heteroatoms. The highest BCUT2D eigenvalue weighted by Crippen LogP contribution is 2.34. The van der Waals surface area contributed by atoms with Crippen LogP contribution in [0.5, 0.6) is 0 Å². The Hall–Kier alpha value is -2.91. The lowest BCUT2D eigenvalue weighted by molar-refractivity contribution is -0.143. The molecule has 1 heterocycles. The van der Waals surface area contributed by atoms with Gasteiger partial charge in [-0.2, -0.15) is 18.3 Å². The van der Waals surface area contributed by atoms with E-state index in [1.54, 1.807) is 0 Å². The van der Waals surface area contributed by atoms with E-state index in [0.717, 1.165) is 17.0 Å². The third kappa shape index (κ3) is 3.84. The van der Waals surface area contributed by atoms with Gasteiger partial charge in [0.25, 0.3) is 5.91 Å². The number of carbonyl (C=O) groups is 2. The normalized spacial score (nSPS) is 12.7. The fourth-order valence-corrected chi connectivity index (χ4v) is 2.36. The number of hydrogen-bond donors (Lipinski definition) is 1. The van der Waals surface area contributed by atoms with Crippen molar-refractivity contribution < 1.29 is 32.3 Å². The third-order valence-electron chi connectivity index (χ3n) is 3.66. The molecule has 0 aliphatic carbocycles. The second-order valence-electron chi connectivity index (χ2n) is 5.69. The van der Waals surface area contributed by atoms with E-state index in [1.165, 1.54) is 26.1 Å². The van der Waals surface area contributed by atoms with Crippen LogP contribution in [0.4, 0.5) is 17.6 Å². The lowest BCUT2D eigenvalue weighted by Gasteiger charge is -2.20. The number of hydrogen-bond acceptors (Lipinski definition) is 3. The number of aliphatic carboxylic acids is 1. The fraction of sp³-hybridized carbons (Fsp3) is 0.312.